The molecule has 1 N–H and O–H groups in total. The van der Waals surface area contributed by atoms with Crippen molar-refractivity contribution in [2.24, 2.45) is 5.92 Å². The molecule has 0 radical (unpaired) electrons. The number of aliphatic carboxylic acids is 1. The summed E-state index contributed by atoms with van der Waals surface area (Å²) in [6.45, 7) is 0.725. The van der Waals surface area contributed by atoms with Crippen LogP contribution in [0.25, 0.3) is 10.9 Å². The third-order valence-corrected chi connectivity index (χ3v) is 3.94. The molecule has 0 bridgehead atoms. The van der Waals surface area contributed by atoms with E-state index in [1.54, 1.807) is 18.2 Å². The molecule has 0 unspecified atom stereocenters. The molecule has 0 aliphatic heterocycles. The number of carboxylic acids is 1. The molecule has 1 aliphatic rings. The first kappa shape index (κ1) is 13.2. The van der Waals surface area contributed by atoms with E-state index in [0.717, 1.165) is 19.4 Å². The van der Waals surface area contributed by atoms with Crippen LogP contribution in [0.4, 0.5) is 0 Å². The van der Waals surface area contributed by atoms with Gasteiger partial charge >= 0.3 is 5.97 Å². The van der Waals surface area contributed by atoms with Gasteiger partial charge in [-0.2, -0.15) is 0 Å². The maximum absolute atomic E-state index is 12.1. The highest BCUT2D eigenvalue weighted by Gasteiger charge is 2.24. The number of hydrogen-bond donors (Lipinski definition) is 1. The molecule has 1 heterocycles. The summed E-state index contributed by atoms with van der Waals surface area (Å²) in [7, 11) is 0. The Morgan fingerprint density at radius 3 is 2.80 bits per heavy atom. The minimum atomic E-state index is -0.944. The van der Waals surface area contributed by atoms with Gasteiger partial charge in [-0.3, -0.25) is 9.59 Å². The lowest BCUT2D eigenvalue weighted by Gasteiger charge is -2.16. The van der Waals surface area contributed by atoms with Crippen molar-refractivity contribution in [1.82, 2.24) is 4.57 Å². The van der Waals surface area contributed by atoms with Crippen LogP contribution in [0, 0.1) is 5.92 Å². The molecule has 0 spiro atoms. The molecule has 3 rings (SSSR count). The van der Waals surface area contributed by atoms with Crippen molar-refractivity contribution in [3.63, 3.8) is 0 Å². The van der Waals surface area contributed by atoms with Crippen molar-refractivity contribution in [2.75, 3.05) is 0 Å². The summed E-state index contributed by atoms with van der Waals surface area (Å²) in [6.07, 6.45) is 2.12. The van der Waals surface area contributed by atoms with Crippen LogP contribution in [-0.4, -0.2) is 15.6 Å². The fourth-order valence-corrected chi connectivity index (χ4v) is 2.78. The quantitative estimate of drug-likeness (QED) is 0.942. The van der Waals surface area contributed by atoms with Gasteiger partial charge in [0, 0.05) is 23.7 Å². The molecule has 1 aromatic heterocycles. The molecule has 1 aromatic carbocycles. The molecule has 2 aromatic rings. The second kappa shape index (κ2) is 4.94. The van der Waals surface area contributed by atoms with Crippen molar-refractivity contribution >= 4 is 28.5 Å². The highest BCUT2D eigenvalue weighted by atomic mass is 35.5. The molecule has 1 fully saturated rings. The average Bonchev–Trinajstić information content (AvgIpc) is 3.17. The standard InChI is InChI=1S/C15H14ClNO3/c16-12-3-1-2-11-13(18)6-10(7-14(19)20)17(15(11)12)8-9-4-5-9/h1-3,6,9H,4-5,7-8H2,(H,19,20). The Morgan fingerprint density at radius 2 is 2.15 bits per heavy atom. The van der Waals surface area contributed by atoms with Gasteiger partial charge in [-0.15, -0.1) is 0 Å². The molecule has 0 atom stereocenters. The molecule has 104 valence electrons. The van der Waals surface area contributed by atoms with Crippen LogP contribution in [-0.2, 0) is 17.8 Å². The number of carboxylic acid groups (broad SMARTS) is 1. The van der Waals surface area contributed by atoms with Gasteiger partial charge in [0.2, 0.25) is 0 Å². The topological polar surface area (TPSA) is 59.3 Å². The zero-order valence-electron chi connectivity index (χ0n) is 10.8. The summed E-state index contributed by atoms with van der Waals surface area (Å²) in [4.78, 5) is 23.1. The summed E-state index contributed by atoms with van der Waals surface area (Å²) >= 11 is 6.24. The highest BCUT2D eigenvalue weighted by Crippen LogP contribution is 2.33. The van der Waals surface area contributed by atoms with Gasteiger partial charge in [0.05, 0.1) is 17.0 Å². The Balaban J connectivity index is 2.28. The predicted molar refractivity (Wildman–Crippen MR) is 77.3 cm³/mol. The van der Waals surface area contributed by atoms with E-state index in [0.29, 0.717) is 27.5 Å². The number of halogens is 1. The van der Waals surface area contributed by atoms with Crippen LogP contribution in [0.2, 0.25) is 5.02 Å². The normalized spacial score (nSPS) is 14.7. The second-order valence-electron chi connectivity index (χ2n) is 5.26. The number of rotatable bonds is 4. The average molecular weight is 292 g/mol. The zero-order chi connectivity index (χ0) is 14.3. The molecule has 0 amide bonds. The molecular formula is C15H14ClNO3. The number of nitrogens with zero attached hydrogens (tertiary/aromatic N) is 1. The first-order valence-corrected chi connectivity index (χ1v) is 6.97. The third-order valence-electron chi connectivity index (χ3n) is 3.64. The van der Waals surface area contributed by atoms with Crippen molar-refractivity contribution in [1.29, 1.82) is 0 Å². The number of pyridine rings is 1. The van der Waals surface area contributed by atoms with Gasteiger partial charge in [-0.05, 0) is 30.9 Å². The minimum Gasteiger partial charge on any atom is -0.481 e. The third kappa shape index (κ3) is 2.43. The first-order chi connectivity index (χ1) is 9.56. The number of benzene rings is 1. The summed E-state index contributed by atoms with van der Waals surface area (Å²) in [5, 5.41) is 10.1. The van der Waals surface area contributed by atoms with E-state index in [2.05, 4.69) is 0 Å². The molecule has 4 nitrogen and oxygen atoms in total. The van der Waals surface area contributed by atoms with Crippen molar-refractivity contribution < 1.29 is 9.90 Å². The Bertz CT molecular complexity index is 747. The van der Waals surface area contributed by atoms with Gasteiger partial charge in [0.1, 0.15) is 0 Å². The smallest absolute Gasteiger partial charge is 0.309 e. The molecule has 1 saturated carbocycles. The van der Waals surface area contributed by atoms with Crippen molar-refractivity contribution in [2.45, 2.75) is 25.8 Å². The van der Waals surface area contributed by atoms with E-state index in [1.165, 1.54) is 6.07 Å². The van der Waals surface area contributed by atoms with Gasteiger partial charge in [0.15, 0.2) is 5.43 Å². The van der Waals surface area contributed by atoms with Gasteiger partial charge in [0.25, 0.3) is 0 Å². The van der Waals surface area contributed by atoms with Crippen LogP contribution in [0.1, 0.15) is 18.5 Å². The Morgan fingerprint density at radius 1 is 1.40 bits per heavy atom. The zero-order valence-corrected chi connectivity index (χ0v) is 11.6. The van der Waals surface area contributed by atoms with Crippen molar-refractivity contribution in [3.8, 4) is 0 Å². The molecule has 5 heteroatoms. The number of fused-ring (bicyclic) bond motifs is 1. The Hall–Kier alpha value is -1.81. The Kier molecular flexibility index (Phi) is 3.26. The van der Waals surface area contributed by atoms with E-state index in [4.69, 9.17) is 16.7 Å². The lowest BCUT2D eigenvalue weighted by Crippen LogP contribution is -2.18. The van der Waals surface area contributed by atoms with Crippen LogP contribution in [0.5, 0.6) is 0 Å². The van der Waals surface area contributed by atoms with Crippen molar-refractivity contribution in [3.05, 3.63) is 45.2 Å². The number of carbonyl (C=O) groups is 1. The van der Waals surface area contributed by atoms with Gasteiger partial charge in [-0.1, -0.05) is 17.7 Å². The summed E-state index contributed by atoms with van der Waals surface area (Å²) in [5.74, 6) is -0.384. The fraction of sp³-hybridized carbons (Fsp3) is 0.333. The maximum Gasteiger partial charge on any atom is 0.309 e. The maximum atomic E-state index is 12.1. The molecular weight excluding hydrogens is 278 g/mol. The fourth-order valence-electron chi connectivity index (χ4n) is 2.51. The SMILES string of the molecule is O=C(O)Cc1cc(=O)c2cccc(Cl)c2n1CC1CC1. The van der Waals surface area contributed by atoms with E-state index in [-0.39, 0.29) is 11.8 Å². The largest absolute Gasteiger partial charge is 0.481 e. The first-order valence-electron chi connectivity index (χ1n) is 6.59. The van der Waals surface area contributed by atoms with Crippen LogP contribution in [0.3, 0.4) is 0 Å². The molecule has 20 heavy (non-hydrogen) atoms. The van der Waals surface area contributed by atoms with E-state index < -0.39 is 5.97 Å². The Labute approximate surface area is 120 Å². The monoisotopic (exact) mass is 291 g/mol. The predicted octanol–water partition coefficient (Wildman–Crippen LogP) is 2.69. The minimum absolute atomic E-state index is 0.164. The van der Waals surface area contributed by atoms with Crippen LogP contribution >= 0.6 is 11.6 Å². The van der Waals surface area contributed by atoms with E-state index in [1.807, 2.05) is 4.57 Å². The second-order valence-corrected chi connectivity index (χ2v) is 5.67. The van der Waals surface area contributed by atoms with E-state index >= 15 is 0 Å². The summed E-state index contributed by atoms with van der Waals surface area (Å²) in [5.41, 5.74) is 1.01. The molecule has 0 saturated heterocycles. The number of hydrogen-bond acceptors (Lipinski definition) is 2. The summed E-state index contributed by atoms with van der Waals surface area (Å²) in [6, 6.07) is 6.63. The molecule has 1 aliphatic carbocycles. The highest BCUT2D eigenvalue weighted by molar-refractivity contribution is 6.35. The number of aromatic nitrogens is 1. The van der Waals surface area contributed by atoms with Crippen LogP contribution < -0.4 is 5.43 Å². The lowest BCUT2D eigenvalue weighted by molar-refractivity contribution is -0.136. The van der Waals surface area contributed by atoms with Crippen LogP contribution in [0.15, 0.2) is 29.1 Å². The van der Waals surface area contributed by atoms with Gasteiger partial charge in [-0.25, -0.2) is 0 Å². The lowest BCUT2D eigenvalue weighted by atomic mass is 10.1. The number of para-hydroxylation sites is 1. The van der Waals surface area contributed by atoms with Gasteiger partial charge < -0.3 is 9.67 Å². The summed E-state index contributed by atoms with van der Waals surface area (Å²) < 4.78 is 1.91. The van der Waals surface area contributed by atoms with E-state index in [9.17, 15) is 9.59 Å².